The number of nitrogens with zero attached hydrogens (tertiary/aromatic N) is 2. The van der Waals surface area contributed by atoms with Gasteiger partial charge in [0.25, 0.3) is 0 Å². The maximum absolute atomic E-state index is 12.9. The number of benzene rings is 2. The molecule has 1 aliphatic rings. The van der Waals surface area contributed by atoms with Crippen LogP contribution in [0.1, 0.15) is 74.9 Å². The highest BCUT2D eigenvalue weighted by molar-refractivity contribution is 5.89. The maximum Gasteiger partial charge on any atom is 0.306 e. The Morgan fingerprint density at radius 3 is 2.28 bits per heavy atom. The van der Waals surface area contributed by atoms with Gasteiger partial charge in [-0.15, -0.1) is 0 Å². The lowest BCUT2D eigenvalue weighted by Crippen LogP contribution is -2.53. The second kappa shape index (κ2) is 22.6. The van der Waals surface area contributed by atoms with Gasteiger partial charge < -0.3 is 48.0 Å². The van der Waals surface area contributed by atoms with Crippen LogP contribution in [0, 0.1) is 11.7 Å². The first-order valence-corrected chi connectivity index (χ1v) is 17.7. The third kappa shape index (κ3) is 15.8. The predicted molar refractivity (Wildman–Crippen MR) is 197 cm³/mol. The zero-order valence-electron chi connectivity index (χ0n) is 30.0. The number of guanidine groups is 1. The van der Waals surface area contributed by atoms with Gasteiger partial charge in [-0.2, -0.15) is 0 Å². The van der Waals surface area contributed by atoms with Gasteiger partial charge in [0.05, 0.1) is 18.2 Å². The molecule has 11 N–H and O–H groups in total. The number of halogens is 1. The van der Waals surface area contributed by atoms with Crippen molar-refractivity contribution in [3.8, 4) is 0 Å². The predicted octanol–water partition coefficient (Wildman–Crippen LogP) is 2.03. The summed E-state index contributed by atoms with van der Waals surface area (Å²) in [4.78, 5) is 56.4. The molecule has 0 spiro atoms. The number of aliphatic imine (C=N–C) groups is 1. The molecule has 0 saturated heterocycles. The second-order valence-corrected chi connectivity index (χ2v) is 12.8. The van der Waals surface area contributed by atoms with E-state index in [4.69, 9.17) is 26.7 Å². The van der Waals surface area contributed by atoms with Crippen molar-refractivity contribution < 1.29 is 33.1 Å². The Morgan fingerprint density at radius 1 is 0.981 bits per heavy atom. The lowest BCUT2D eigenvalue weighted by molar-refractivity contribution is -0.143. The molecular weight excluding hydrogens is 685 g/mol. The highest BCUT2D eigenvalue weighted by Crippen LogP contribution is 2.24. The van der Waals surface area contributed by atoms with Crippen molar-refractivity contribution in [2.75, 3.05) is 13.1 Å². The van der Waals surface area contributed by atoms with Gasteiger partial charge in [0, 0.05) is 38.5 Å². The molecule has 3 atom stereocenters. The lowest BCUT2D eigenvalue weighted by Gasteiger charge is -2.29. The molecule has 0 aliphatic heterocycles. The average Bonchev–Trinajstić information content (AvgIpc) is 3.69. The van der Waals surface area contributed by atoms with Gasteiger partial charge in [-0.05, 0) is 68.7 Å². The standard InChI is InChI=1S/C23H36N6O4.C14H16FN3O2/c1-15(28-18-11-9-17(10-12-18)22(32)33)20(30)29-19(8-5-13-26-23(24)25)21(31)27-14-16-6-3-2-4-7-16;15-11-3-1-10(2-4-11)9-12(14-17-7-8-20-14)18-13(19)5-6-16/h2-4,6-7,15,17-19,28H,5,8-14H2,1H3,(H,27,31)(H,29,30)(H,32,33)(H4,24,25,26);1-4,7-8,12H,5-6,9,16H2,(H,18,19)/t15-,17?,18?,19-;12-/m00/s1. The fourth-order valence-corrected chi connectivity index (χ4v) is 5.77. The molecule has 288 valence electrons. The van der Waals surface area contributed by atoms with Gasteiger partial charge >= 0.3 is 5.97 Å². The second-order valence-electron chi connectivity index (χ2n) is 12.8. The smallest absolute Gasteiger partial charge is 0.306 e. The van der Waals surface area contributed by atoms with Gasteiger partial charge in [0.1, 0.15) is 24.2 Å². The number of amides is 3. The minimum atomic E-state index is -0.760. The molecule has 1 saturated carbocycles. The topological polar surface area (TPSA) is 253 Å². The Labute approximate surface area is 308 Å². The summed E-state index contributed by atoms with van der Waals surface area (Å²) in [6.45, 7) is 2.75. The molecule has 1 aromatic heterocycles. The number of carbonyl (C=O) groups is 4. The summed E-state index contributed by atoms with van der Waals surface area (Å²) in [5, 5.41) is 20.9. The Bertz CT molecular complexity index is 1580. The molecule has 4 rings (SSSR count). The molecule has 16 heteroatoms. The minimum Gasteiger partial charge on any atom is -0.481 e. The highest BCUT2D eigenvalue weighted by atomic mass is 19.1. The number of nitrogens with one attached hydrogen (secondary N) is 4. The number of carboxylic acid groups (broad SMARTS) is 1. The van der Waals surface area contributed by atoms with Gasteiger partial charge in [-0.3, -0.25) is 24.2 Å². The van der Waals surface area contributed by atoms with Crippen molar-refractivity contribution in [3.63, 3.8) is 0 Å². The molecule has 1 fully saturated rings. The van der Waals surface area contributed by atoms with E-state index in [-0.39, 0.29) is 54.4 Å². The number of aromatic nitrogens is 1. The van der Waals surface area contributed by atoms with Gasteiger partial charge in [0.15, 0.2) is 5.96 Å². The Kier molecular flexibility index (Phi) is 17.9. The zero-order valence-corrected chi connectivity index (χ0v) is 30.0. The van der Waals surface area contributed by atoms with Crippen LogP contribution in [-0.4, -0.2) is 71.0 Å². The number of aliphatic carboxylic acids is 1. The van der Waals surface area contributed by atoms with E-state index in [1.807, 2.05) is 30.3 Å². The van der Waals surface area contributed by atoms with Crippen LogP contribution in [0.3, 0.4) is 0 Å². The molecule has 0 radical (unpaired) electrons. The van der Waals surface area contributed by atoms with E-state index in [1.165, 1.54) is 24.6 Å². The fraction of sp³-hybridized carbons (Fsp3) is 0.459. The van der Waals surface area contributed by atoms with Crippen LogP contribution < -0.4 is 38.5 Å². The van der Waals surface area contributed by atoms with Crippen LogP contribution in [0.25, 0.3) is 0 Å². The lowest BCUT2D eigenvalue weighted by atomic mass is 9.86. The number of carbonyl (C=O) groups excluding carboxylic acids is 3. The van der Waals surface area contributed by atoms with Gasteiger partial charge in [-0.25, -0.2) is 9.37 Å². The Balaban J connectivity index is 0.000000321. The van der Waals surface area contributed by atoms with Crippen molar-refractivity contribution >= 4 is 29.7 Å². The van der Waals surface area contributed by atoms with Crippen molar-refractivity contribution in [3.05, 3.63) is 89.9 Å². The van der Waals surface area contributed by atoms with Gasteiger partial charge in [-0.1, -0.05) is 42.5 Å². The molecule has 1 heterocycles. The first kappa shape index (κ1) is 42.1. The number of nitrogens with two attached hydrogens (primary N) is 3. The van der Waals surface area contributed by atoms with Crippen molar-refractivity contribution in [2.45, 2.75) is 89.0 Å². The Morgan fingerprint density at radius 2 is 1.68 bits per heavy atom. The molecule has 3 aromatic rings. The first-order chi connectivity index (χ1) is 25.4. The molecule has 15 nitrogen and oxygen atoms in total. The summed E-state index contributed by atoms with van der Waals surface area (Å²) in [6.07, 6.45) is 7.18. The number of hydrogen-bond acceptors (Lipinski definition) is 9. The summed E-state index contributed by atoms with van der Waals surface area (Å²) in [7, 11) is 0. The summed E-state index contributed by atoms with van der Waals surface area (Å²) < 4.78 is 18.1. The molecule has 3 amide bonds. The quantitative estimate of drug-likeness (QED) is 0.0533. The molecular formula is C37H52FN9O6. The number of oxazole rings is 1. The third-order valence-corrected chi connectivity index (χ3v) is 8.65. The zero-order chi connectivity index (χ0) is 38.6. The summed E-state index contributed by atoms with van der Waals surface area (Å²) in [5.41, 5.74) is 17.9. The largest absolute Gasteiger partial charge is 0.481 e. The van der Waals surface area contributed by atoms with E-state index in [9.17, 15) is 23.6 Å². The van der Waals surface area contributed by atoms with Crippen LogP contribution in [0.2, 0.25) is 0 Å². The van der Waals surface area contributed by atoms with E-state index < -0.39 is 24.1 Å². The van der Waals surface area contributed by atoms with Crippen LogP contribution in [0.5, 0.6) is 0 Å². The first-order valence-electron chi connectivity index (χ1n) is 17.7. The van der Waals surface area contributed by atoms with Crippen LogP contribution in [0.4, 0.5) is 4.39 Å². The number of hydrogen-bond donors (Lipinski definition) is 8. The summed E-state index contributed by atoms with van der Waals surface area (Å²) in [5.74, 6) is -1.69. The average molecular weight is 738 g/mol. The number of carboxylic acids is 1. The fourth-order valence-electron chi connectivity index (χ4n) is 5.77. The maximum atomic E-state index is 12.9. The molecule has 2 aromatic carbocycles. The van der Waals surface area contributed by atoms with E-state index in [1.54, 1.807) is 19.1 Å². The molecule has 53 heavy (non-hydrogen) atoms. The molecule has 1 aliphatic carbocycles. The van der Waals surface area contributed by atoms with Gasteiger partial charge in [0.2, 0.25) is 23.6 Å². The molecule has 0 unspecified atom stereocenters. The van der Waals surface area contributed by atoms with Crippen molar-refractivity contribution in [2.24, 2.45) is 28.1 Å². The van der Waals surface area contributed by atoms with E-state index in [0.717, 1.165) is 11.1 Å². The third-order valence-electron chi connectivity index (χ3n) is 8.65. The minimum absolute atomic E-state index is 0.0143. The highest BCUT2D eigenvalue weighted by Gasteiger charge is 2.29. The van der Waals surface area contributed by atoms with E-state index in [2.05, 4.69) is 31.2 Å². The van der Waals surface area contributed by atoms with Crippen molar-refractivity contribution in [1.29, 1.82) is 0 Å². The molecule has 0 bridgehead atoms. The van der Waals surface area contributed by atoms with E-state index >= 15 is 0 Å². The van der Waals surface area contributed by atoms with Crippen LogP contribution in [-0.2, 0) is 32.1 Å². The monoisotopic (exact) mass is 737 g/mol. The SMILES string of the molecule is C[C@H](NC1CCC(C(=O)O)CC1)C(=O)N[C@@H](CCCN=C(N)N)C(=O)NCc1ccccc1.NCCC(=O)N[C@@H](Cc1ccc(F)cc1)c1ncco1. The summed E-state index contributed by atoms with van der Waals surface area (Å²) in [6, 6.07) is 14.1. The normalized spacial score (nSPS) is 16.8. The van der Waals surface area contributed by atoms with Crippen LogP contribution >= 0.6 is 0 Å². The van der Waals surface area contributed by atoms with Crippen LogP contribution in [0.15, 0.2) is 76.5 Å². The van der Waals surface area contributed by atoms with Crippen molar-refractivity contribution in [1.82, 2.24) is 26.3 Å². The Hall–Kier alpha value is -5.35. The summed E-state index contributed by atoms with van der Waals surface area (Å²) >= 11 is 0. The van der Waals surface area contributed by atoms with E-state index in [0.29, 0.717) is 63.9 Å². The number of rotatable bonds is 18.